The number of nitrogens with zero attached hydrogens (tertiary/aromatic N) is 1. The van der Waals surface area contributed by atoms with E-state index in [-0.39, 0.29) is 0 Å². The highest BCUT2D eigenvalue weighted by atomic mass is 15.5. The van der Waals surface area contributed by atoms with Gasteiger partial charge in [0.05, 0.1) is 0 Å². The molecule has 0 atom stereocenters. The summed E-state index contributed by atoms with van der Waals surface area (Å²) in [5.41, 5.74) is 8.90. The summed E-state index contributed by atoms with van der Waals surface area (Å²) < 4.78 is 0. The molecule has 0 aliphatic heterocycles. The largest absolute Gasteiger partial charge is 0.330 e. The molecule has 86 valence electrons. The first-order valence-electron chi connectivity index (χ1n) is 6.03. The van der Waals surface area contributed by atoms with Gasteiger partial charge in [0.2, 0.25) is 0 Å². The fourth-order valence-electron chi connectivity index (χ4n) is 1.31. The van der Waals surface area contributed by atoms with E-state index in [1.54, 1.807) is 0 Å². The van der Waals surface area contributed by atoms with Gasteiger partial charge in [-0.1, -0.05) is 26.7 Å². The highest BCUT2D eigenvalue weighted by Crippen LogP contribution is 1.95. The SMILES string of the molecule is CCCCN(CCCC)NCCCN. The van der Waals surface area contributed by atoms with Crippen LogP contribution >= 0.6 is 0 Å². The highest BCUT2D eigenvalue weighted by Gasteiger charge is 2.01. The quantitative estimate of drug-likeness (QED) is 0.418. The van der Waals surface area contributed by atoms with Crippen LogP contribution in [0, 0.1) is 0 Å². The number of hydrazine groups is 1. The van der Waals surface area contributed by atoms with Gasteiger partial charge >= 0.3 is 0 Å². The molecule has 0 rings (SSSR count). The van der Waals surface area contributed by atoms with E-state index in [1.165, 1.54) is 38.8 Å². The van der Waals surface area contributed by atoms with Gasteiger partial charge in [-0.15, -0.1) is 0 Å². The first-order valence-corrected chi connectivity index (χ1v) is 6.03. The lowest BCUT2D eigenvalue weighted by atomic mass is 10.3. The van der Waals surface area contributed by atoms with Crippen molar-refractivity contribution >= 4 is 0 Å². The van der Waals surface area contributed by atoms with Crippen molar-refractivity contribution in [2.75, 3.05) is 26.2 Å². The zero-order chi connectivity index (χ0) is 10.6. The first-order chi connectivity index (χ1) is 6.85. The maximum atomic E-state index is 5.46. The van der Waals surface area contributed by atoms with E-state index >= 15 is 0 Å². The Hall–Kier alpha value is -0.120. The van der Waals surface area contributed by atoms with Crippen LogP contribution in [-0.4, -0.2) is 31.2 Å². The summed E-state index contributed by atoms with van der Waals surface area (Å²) in [6.45, 7) is 8.60. The fraction of sp³-hybridized carbons (Fsp3) is 1.00. The molecular formula is C11H27N3. The van der Waals surface area contributed by atoms with Crippen LogP contribution in [0.25, 0.3) is 0 Å². The van der Waals surface area contributed by atoms with Gasteiger partial charge in [-0.25, -0.2) is 5.01 Å². The number of nitrogens with two attached hydrogens (primary N) is 1. The molecule has 0 aliphatic rings. The van der Waals surface area contributed by atoms with Crippen LogP contribution in [0.3, 0.4) is 0 Å². The average molecular weight is 201 g/mol. The maximum absolute atomic E-state index is 5.46. The molecule has 0 spiro atoms. The van der Waals surface area contributed by atoms with Crippen molar-refractivity contribution in [1.29, 1.82) is 0 Å². The van der Waals surface area contributed by atoms with Crippen LogP contribution in [0.15, 0.2) is 0 Å². The second-order valence-corrected chi connectivity index (χ2v) is 3.74. The van der Waals surface area contributed by atoms with Gasteiger partial charge < -0.3 is 5.73 Å². The summed E-state index contributed by atoms with van der Waals surface area (Å²) >= 11 is 0. The Bertz CT molecular complexity index is 98.7. The van der Waals surface area contributed by atoms with Crippen molar-refractivity contribution in [3.63, 3.8) is 0 Å². The van der Waals surface area contributed by atoms with E-state index in [2.05, 4.69) is 24.3 Å². The van der Waals surface area contributed by atoms with Crippen molar-refractivity contribution in [3.05, 3.63) is 0 Å². The van der Waals surface area contributed by atoms with Crippen LogP contribution < -0.4 is 11.2 Å². The molecular weight excluding hydrogens is 174 g/mol. The molecule has 0 bridgehead atoms. The predicted molar refractivity (Wildman–Crippen MR) is 63.1 cm³/mol. The third-order valence-corrected chi connectivity index (χ3v) is 2.28. The van der Waals surface area contributed by atoms with Gasteiger partial charge in [-0.05, 0) is 25.8 Å². The number of rotatable bonds is 10. The maximum Gasteiger partial charge on any atom is 0.0130 e. The standard InChI is InChI=1S/C11H27N3/c1-3-5-10-14(11-6-4-2)13-9-7-8-12/h13H,3-12H2,1-2H3. The van der Waals surface area contributed by atoms with E-state index in [4.69, 9.17) is 5.73 Å². The van der Waals surface area contributed by atoms with E-state index < -0.39 is 0 Å². The van der Waals surface area contributed by atoms with E-state index in [0.717, 1.165) is 19.5 Å². The van der Waals surface area contributed by atoms with Crippen molar-refractivity contribution < 1.29 is 0 Å². The topological polar surface area (TPSA) is 41.3 Å². The van der Waals surface area contributed by atoms with Gasteiger partial charge in [-0.2, -0.15) is 0 Å². The summed E-state index contributed by atoms with van der Waals surface area (Å²) in [7, 11) is 0. The zero-order valence-corrected chi connectivity index (χ0v) is 9.89. The molecule has 0 unspecified atom stereocenters. The van der Waals surface area contributed by atoms with Crippen molar-refractivity contribution in [1.82, 2.24) is 10.4 Å². The number of hydrogen-bond donors (Lipinski definition) is 2. The molecule has 0 aliphatic carbocycles. The molecule has 3 N–H and O–H groups in total. The van der Waals surface area contributed by atoms with Crippen LogP contribution in [-0.2, 0) is 0 Å². The number of unbranched alkanes of at least 4 members (excludes halogenated alkanes) is 2. The summed E-state index contributed by atoms with van der Waals surface area (Å²) in [6, 6.07) is 0. The molecule has 0 aromatic carbocycles. The van der Waals surface area contributed by atoms with Crippen molar-refractivity contribution in [2.45, 2.75) is 46.0 Å². The Balaban J connectivity index is 3.49. The zero-order valence-electron chi connectivity index (χ0n) is 9.89. The Kier molecular flexibility index (Phi) is 10.9. The van der Waals surface area contributed by atoms with Gasteiger partial charge in [-0.3, -0.25) is 5.43 Å². The van der Waals surface area contributed by atoms with Gasteiger partial charge in [0, 0.05) is 19.6 Å². The Labute approximate surface area is 89.0 Å². The minimum Gasteiger partial charge on any atom is -0.330 e. The molecule has 0 aromatic rings. The van der Waals surface area contributed by atoms with Crippen LogP contribution in [0.4, 0.5) is 0 Å². The number of hydrogen-bond acceptors (Lipinski definition) is 3. The monoisotopic (exact) mass is 201 g/mol. The summed E-state index contributed by atoms with van der Waals surface area (Å²) in [5, 5.41) is 2.35. The summed E-state index contributed by atoms with van der Waals surface area (Å²) in [5.74, 6) is 0. The first kappa shape index (κ1) is 13.9. The second kappa shape index (κ2) is 11.0. The Morgan fingerprint density at radius 1 is 1.00 bits per heavy atom. The molecule has 14 heavy (non-hydrogen) atoms. The summed E-state index contributed by atoms with van der Waals surface area (Å²) in [6.07, 6.45) is 6.15. The van der Waals surface area contributed by atoms with Crippen LogP contribution in [0.5, 0.6) is 0 Å². The smallest absolute Gasteiger partial charge is 0.0130 e. The molecule has 0 heterocycles. The molecule has 0 saturated heterocycles. The third-order valence-electron chi connectivity index (χ3n) is 2.28. The lowest BCUT2D eigenvalue weighted by molar-refractivity contribution is 0.181. The number of nitrogens with one attached hydrogen (secondary N) is 1. The molecule has 0 fully saturated rings. The van der Waals surface area contributed by atoms with Gasteiger partial charge in [0.15, 0.2) is 0 Å². The predicted octanol–water partition coefficient (Wildman–Crippen LogP) is 1.74. The molecule has 3 heteroatoms. The Morgan fingerprint density at radius 3 is 2.00 bits per heavy atom. The third kappa shape index (κ3) is 8.48. The average Bonchev–Trinajstić information content (AvgIpc) is 2.21. The van der Waals surface area contributed by atoms with Crippen molar-refractivity contribution in [2.24, 2.45) is 5.73 Å². The fourth-order valence-corrected chi connectivity index (χ4v) is 1.31. The van der Waals surface area contributed by atoms with Crippen molar-refractivity contribution in [3.8, 4) is 0 Å². The van der Waals surface area contributed by atoms with E-state index in [9.17, 15) is 0 Å². The minimum absolute atomic E-state index is 0.780. The normalized spacial score (nSPS) is 11.1. The lowest BCUT2D eigenvalue weighted by Crippen LogP contribution is -2.40. The summed E-state index contributed by atoms with van der Waals surface area (Å²) in [4.78, 5) is 0. The van der Waals surface area contributed by atoms with Crippen LogP contribution in [0.1, 0.15) is 46.0 Å². The lowest BCUT2D eigenvalue weighted by Gasteiger charge is -2.22. The minimum atomic E-state index is 0.780. The molecule has 3 nitrogen and oxygen atoms in total. The van der Waals surface area contributed by atoms with E-state index in [0.29, 0.717) is 0 Å². The van der Waals surface area contributed by atoms with Crippen LogP contribution in [0.2, 0.25) is 0 Å². The van der Waals surface area contributed by atoms with E-state index in [1.807, 2.05) is 0 Å². The molecule has 0 saturated carbocycles. The molecule has 0 aromatic heterocycles. The molecule has 0 radical (unpaired) electrons. The highest BCUT2D eigenvalue weighted by molar-refractivity contribution is 4.53. The molecule has 0 amide bonds. The Morgan fingerprint density at radius 2 is 1.57 bits per heavy atom. The van der Waals surface area contributed by atoms with Gasteiger partial charge in [0.25, 0.3) is 0 Å². The van der Waals surface area contributed by atoms with Gasteiger partial charge in [0.1, 0.15) is 0 Å². The second-order valence-electron chi connectivity index (χ2n) is 3.74.